The number of hydrogen-bond donors (Lipinski definition) is 1. The van der Waals surface area contributed by atoms with Gasteiger partial charge in [-0.05, 0) is 56.0 Å². The number of allylic oxidation sites excluding steroid dienone is 1. The van der Waals surface area contributed by atoms with E-state index in [1.165, 1.54) is 22.3 Å². The first kappa shape index (κ1) is 15.1. The summed E-state index contributed by atoms with van der Waals surface area (Å²) >= 11 is 0. The Morgan fingerprint density at radius 1 is 0.909 bits per heavy atom. The molecule has 1 atom stereocenters. The Labute approximate surface area is 134 Å². The second kappa shape index (κ2) is 6.10. The van der Waals surface area contributed by atoms with Gasteiger partial charge in [-0.3, -0.25) is 0 Å². The van der Waals surface area contributed by atoms with Gasteiger partial charge in [-0.15, -0.1) is 0 Å². The van der Waals surface area contributed by atoms with Crippen molar-refractivity contribution in [3.8, 4) is 0 Å². The van der Waals surface area contributed by atoms with Crippen LogP contribution in [0.1, 0.15) is 48.9 Å². The fraction of sp³-hybridized carbons (Fsp3) is 0.333. The lowest BCUT2D eigenvalue weighted by atomic mass is 9.88. The van der Waals surface area contributed by atoms with Gasteiger partial charge in [0.15, 0.2) is 0 Å². The van der Waals surface area contributed by atoms with Crippen LogP contribution >= 0.6 is 0 Å². The maximum absolute atomic E-state index is 3.59. The van der Waals surface area contributed by atoms with Crippen LogP contribution in [0.2, 0.25) is 0 Å². The minimum absolute atomic E-state index is 0.175. The van der Waals surface area contributed by atoms with Crippen LogP contribution in [0.25, 0.3) is 6.08 Å². The Morgan fingerprint density at radius 2 is 1.59 bits per heavy atom. The predicted molar refractivity (Wildman–Crippen MR) is 95.2 cm³/mol. The summed E-state index contributed by atoms with van der Waals surface area (Å²) in [6, 6.07) is 17.6. The minimum Gasteiger partial charge on any atom is -0.312 e. The SMILES string of the molecule is CC(C)(C)NCCc1ccccc1C1C=Cc2ccccc21. The molecule has 0 saturated heterocycles. The third-order valence-electron chi connectivity index (χ3n) is 4.24. The van der Waals surface area contributed by atoms with Crippen LogP contribution in [0.4, 0.5) is 0 Å². The number of benzene rings is 2. The van der Waals surface area contributed by atoms with Crippen LogP contribution in [-0.2, 0) is 6.42 Å². The van der Waals surface area contributed by atoms with Gasteiger partial charge in [0.2, 0.25) is 0 Å². The van der Waals surface area contributed by atoms with Crippen LogP contribution in [0.3, 0.4) is 0 Å². The average molecular weight is 291 g/mol. The second-order valence-corrected chi connectivity index (χ2v) is 7.09. The Kier molecular flexibility index (Phi) is 4.17. The molecule has 0 amide bonds. The molecule has 1 aliphatic rings. The highest BCUT2D eigenvalue weighted by molar-refractivity contribution is 5.65. The number of fused-ring (bicyclic) bond motifs is 1. The zero-order valence-electron chi connectivity index (χ0n) is 13.8. The van der Waals surface area contributed by atoms with E-state index in [-0.39, 0.29) is 5.54 Å². The summed E-state index contributed by atoms with van der Waals surface area (Å²) in [6.45, 7) is 7.66. The van der Waals surface area contributed by atoms with Crippen molar-refractivity contribution in [3.63, 3.8) is 0 Å². The summed E-state index contributed by atoms with van der Waals surface area (Å²) in [5.74, 6) is 0.405. The Hall–Kier alpha value is -1.86. The van der Waals surface area contributed by atoms with Crippen molar-refractivity contribution >= 4 is 6.08 Å². The van der Waals surface area contributed by atoms with E-state index in [1.54, 1.807) is 0 Å². The van der Waals surface area contributed by atoms with Gasteiger partial charge in [-0.25, -0.2) is 0 Å². The Morgan fingerprint density at radius 3 is 2.36 bits per heavy atom. The molecule has 0 bridgehead atoms. The van der Waals surface area contributed by atoms with Crippen molar-refractivity contribution in [1.29, 1.82) is 0 Å². The topological polar surface area (TPSA) is 12.0 Å². The van der Waals surface area contributed by atoms with Gasteiger partial charge in [0.05, 0.1) is 0 Å². The van der Waals surface area contributed by atoms with Crippen molar-refractivity contribution in [2.75, 3.05) is 6.54 Å². The van der Waals surface area contributed by atoms with Gasteiger partial charge in [0.1, 0.15) is 0 Å². The second-order valence-electron chi connectivity index (χ2n) is 7.09. The summed E-state index contributed by atoms with van der Waals surface area (Å²) in [5, 5.41) is 3.59. The maximum atomic E-state index is 3.59. The van der Waals surface area contributed by atoms with E-state index in [9.17, 15) is 0 Å². The molecule has 0 saturated carbocycles. The van der Waals surface area contributed by atoms with E-state index in [0.717, 1.165) is 13.0 Å². The van der Waals surface area contributed by atoms with Crippen LogP contribution in [0.15, 0.2) is 54.6 Å². The van der Waals surface area contributed by atoms with Gasteiger partial charge >= 0.3 is 0 Å². The third kappa shape index (κ3) is 3.31. The van der Waals surface area contributed by atoms with E-state index < -0.39 is 0 Å². The summed E-state index contributed by atoms with van der Waals surface area (Å²) in [7, 11) is 0. The predicted octanol–water partition coefficient (Wildman–Crippen LogP) is 4.78. The van der Waals surface area contributed by atoms with Gasteiger partial charge in [0, 0.05) is 11.5 Å². The van der Waals surface area contributed by atoms with Crippen LogP contribution in [0, 0.1) is 0 Å². The molecule has 22 heavy (non-hydrogen) atoms. The molecule has 1 nitrogen and oxygen atoms in total. The number of rotatable bonds is 4. The molecule has 2 aromatic rings. The molecule has 1 unspecified atom stereocenters. The molecule has 1 aliphatic carbocycles. The Balaban J connectivity index is 1.82. The molecule has 2 aromatic carbocycles. The van der Waals surface area contributed by atoms with Gasteiger partial charge in [0.25, 0.3) is 0 Å². The summed E-state index contributed by atoms with van der Waals surface area (Å²) in [5.41, 5.74) is 5.85. The molecular weight excluding hydrogens is 266 g/mol. The largest absolute Gasteiger partial charge is 0.312 e. The van der Waals surface area contributed by atoms with Crippen molar-refractivity contribution in [1.82, 2.24) is 5.32 Å². The number of nitrogens with one attached hydrogen (secondary N) is 1. The first-order valence-corrected chi connectivity index (χ1v) is 8.14. The third-order valence-corrected chi connectivity index (χ3v) is 4.24. The van der Waals surface area contributed by atoms with Crippen molar-refractivity contribution in [3.05, 3.63) is 76.9 Å². The molecule has 1 N–H and O–H groups in total. The fourth-order valence-electron chi connectivity index (χ4n) is 3.16. The van der Waals surface area contributed by atoms with Crippen molar-refractivity contribution in [2.24, 2.45) is 0 Å². The van der Waals surface area contributed by atoms with E-state index in [1.807, 2.05) is 0 Å². The van der Waals surface area contributed by atoms with Crippen molar-refractivity contribution < 1.29 is 0 Å². The molecule has 0 aromatic heterocycles. The monoisotopic (exact) mass is 291 g/mol. The molecule has 1 heteroatoms. The summed E-state index contributed by atoms with van der Waals surface area (Å²) < 4.78 is 0. The van der Waals surface area contributed by atoms with E-state index in [4.69, 9.17) is 0 Å². The van der Waals surface area contributed by atoms with Gasteiger partial charge in [-0.1, -0.05) is 60.7 Å². The molecule has 0 spiro atoms. The molecule has 0 heterocycles. The molecule has 0 radical (unpaired) electrons. The first-order valence-electron chi connectivity index (χ1n) is 8.14. The quantitative estimate of drug-likeness (QED) is 0.855. The molecule has 0 fully saturated rings. The van der Waals surface area contributed by atoms with Gasteiger partial charge < -0.3 is 5.32 Å². The normalized spacial score (nSPS) is 16.8. The lowest BCUT2D eigenvalue weighted by molar-refractivity contribution is 0.429. The molecule has 3 rings (SSSR count). The van der Waals surface area contributed by atoms with Crippen LogP contribution < -0.4 is 5.32 Å². The molecular formula is C21H25N. The lowest BCUT2D eigenvalue weighted by Gasteiger charge is -2.22. The zero-order chi connectivity index (χ0) is 15.6. The Bertz CT molecular complexity index is 676. The minimum atomic E-state index is 0.175. The average Bonchev–Trinajstić information content (AvgIpc) is 2.90. The standard InChI is InChI=1S/C21H25N/c1-21(2,3)22-15-14-17-9-5-7-11-19(17)20-13-12-16-8-4-6-10-18(16)20/h4-13,20,22H,14-15H2,1-3H3. The zero-order valence-corrected chi connectivity index (χ0v) is 13.8. The summed E-state index contributed by atoms with van der Waals surface area (Å²) in [6.07, 6.45) is 5.66. The van der Waals surface area contributed by atoms with Crippen LogP contribution in [-0.4, -0.2) is 12.1 Å². The highest BCUT2D eigenvalue weighted by Crippen LogP contribution is 2.36. The maximum Gasteiger partial charge on any atom is 0.0281 e. The summed E-state index contributed by atoms with van der Waals surface area (Å²) in [4.78, 5) is 0. The lowest BCUT2D eigenvalue weighted by Crippen LogP contribution is -2.37. The highest BCUT2D eigenvalue weighted by atomic mass is 14.9. The van der Waals surface area contributed by atoms with E-state index >= 15 is 0 Å². The van der Waals surface area contributed by atoms with Crippen molar-refractivity contribution in [2.45, 2.75) is 38.6 Å². The smallest absolute Gasteiger partial charge is 0.0281 e. The van der Waals surface area contributed by atoms with E-state index in [2.05, 4.69) is 86.8 Å². The molecule has 0 aliphatic heterocycles. The first-order chi connectivity index (χ1) is 10.5. The highest BCUT2D eigenvalue weighted by Gasteiger charge is 2.20. The van der Waals surface area contributed by atoms with E-state index in [0.29, 0.717) is 5.92 Å². The van der Waals surface area contributed by atoms with Gasteiger partial charge in [-0.2, -0.15) is 0 Å². The fourth-order valence-corrected chi connectivity index (χ4v) is 3.16. The van der Waals surface area contributed by atoms with Crippen LogP contribution in [0.5, 0.6) is 0 Å². The molecule has 114 valence electrons. The number of hydrogen-bond acceptors (Lipinski definition) is 1.